The van der Waals surface area contributed by atoms with Gasteiger partial charge in [0.15, 0.2) is 0 Å². The number of aromatic nitrogens is 2. The molecular formula is C17H15N3O2S. The lowest BCUT2D eigenvalue weighted by Crippen LogP contribution is -2.22. The van der Waals surface area contributed by atoms with Crippen LogP contribution in [0.15, 0.2) is 54.0 Å². The molecule has 116 valence electrons. The van der Waals surface area contributed by atoms with Crippen molar-refractivity contribution in [3.8, 4) is 16.5 Å². The molecule has 1 amide bonds. The van der Waals surface area contributed by atoms with Crippen molar-refractivity contribution in [1.82, 2.24) is 15.3 Å². The van der Waals surface area contributed by atoms with Crippen LogP contribution >= 0.6 is 11.3 Å². The average molecular weight is 325 g/mol. The Labute approximate surface area is 138 Å². The molecule has 1 N–H and O–H groups in total. The normalized spacial score (nSPS) is 10.3. The van der Waals surface area contributed by atoms with Crippen LogP contribution in [0.3, 0.4) is 0 Å². The molecule has 6 heteroatoms. The first-order chi connectivity index (χ1) is 11.3. The van der Waals surface area contributed by atoms with Gasteiger partial charge in [-0.15, -0.1) is 11.3 Å². The van der Waals surface area contributed by atoms with Crippen LogP contribution in [0.4, 0.5) is 0 Å². The van der Waals surface area contributed by atoms with Gasteiger partial charge < -0.3 is 10.1 Å². The number of nitrogens with zero attached hydrogens (tertiary/aromatic N) is 2. The standard InChI is InChI=1S/C17H15N3O2S/c1-22-14-6-4-5-12(9-14)16(21)19-10-13-11-23-17(20-13)15-7-2-3-8-18-15/h2-9,11H,10H2,1H3,(H,19,21). The van der Waals surface area contributed by atoms with Crippen molar-refractivity contribution in [3.63, 3.8) is 0 Å². The van der Waals surface area contributed by atoms with Gasteiger partial charge in [0, 0.05) is 17.1 Å². The van der Waals surface area contributed by atoms with Gasteiger partial charge in [0.25, 0.3) is 5.91 Å². The van der Waals surface area contributed by atoms with Gasteiger partial charge in [-0.1, -0.05) is 12.1 Å². The number of methoxy groups -OCH3 is 1. The van der Waals surface area contributed by atoms with Crippen molar-refractivity contribution in [3.05, 3.63) is 65.3 Å². The molecule has 0 aliphatic rings. The zero-order valence-electron chi connectivity index (χ0n) is 12.5. The highest BCUT2D eigenvalue weighted by Gasteiger charge is 2.09. The molecule has 0 bridgehead atoms. The molecule has 0 aliphatic carbocycles. The number of carbonyl (C=O) groups is 1. The van der Waals surface area contributed by atoms with E-state index in [9.17, 15) is 4.79 Å². The first-order valence-electron chi connectivity index (χ1n) is 7.04. The summed E-state index contributed by atoms with van der Waals surface area (Å²) in [4.78, 5) is 20.9. The van der Waals surface area contributed by atoms with E-state index in [0.717, 1.165) is 16.4 Å². The lowest BCUT2D eigenvalue weighted by Gasteiger charge is -2.05. The fourth-order valence-corrected chi connectivity index (χ4v) is 2.83. The van der Waals surface area contributed by atoms with E-state index in [2.05, 4.69) is 15.3 Å². The van der Waals surface area contributed by atoms with Crippen LogP contribution in [0.1, 0.15) is 16.1 Å². The summed E-state index contributed by atoms with van der Waals surface area (Å²) in [5.74, 6) is 0.500. The molecule has 5 nitrogen and oxygen atoms in total. The minimum atomic E-state index is -0.156. The Hall–Kier alpha value is -2.73. The molecule has 0 spiro atoms. The summed E-state index contributed by atoms with van der Waals surface area (Å²) in [5.41, 5.74) is 2.21. The van der Waals surface area contributed by atoms with Gasteiger partial charge in [0.05, 0.1) is 25.0 Å². The number of rotatable bonds is 5. The zero-order chi connectivity index (χ0) is 16.1. The van der Waals surface area contributed by atoms with Crippen molar-refractivity contribution in [1.29, 1.82) is 0 Å². The van der Waals surface area contributed by atoms with Crippen LogP contribution in [0.5, 0.6) is 5.75 Å². The minimum Gasteiger partial charge on any atom is -0.497 e. The lowest BCUT2D eigenvalue weighted by molar-refractivity contribution is 0.0950. The second-order valence-corrected chi connectivity index (χ2v) is 5.63. The molecule has 3 rings (SSSR count). The number of pyridine rings is 1. The van der Waals surface area contributed by atoms with E-state index >= 15 is 0 Å². The van der Waals surface area contributed by atoms with Gasteiger partial charge >= 0.3 is 0 Å². The van der Waals surface area contributed by atoms with Crippen LogP contribution in [0.2, 0.25) is 0 Å². The van der Waals surface area contributed by atoms with Crippen molar-refractivity contribution < 1.29 is 9.53 Å². The van der Waals surface area contributed by atoms with Gasteiger partial charge in [-0.2, -0.15) is 0 Å². The van der Waals surface area contributed by atoms with Crippen LogP contribution in [0, 0.1) is 0 Å². The van der Waals surface area contributed by atoms with E-state index in [0.29, 0.717) is 17.9 Å². The van der Waals surface area contributed by atoms with Gasteiger partial charge in [-0.3, -0.25) is 9.78 Å². The molecule has 0 atom stereocenters. The van der Waals surface area contributed by atoms with E-state index in [-0.39, 0.29) is 5.91 Å². The smallest absolute Gasteiger partial charge is 0.251 e. The third-order valence-electron chi connectivity index (χ3n) is 3.20. The molecule has 3 aromatic rings. The fraction of sp³-hybridized carbons (Fsp3) is 0.118. The minimum absolute atomic E-state index is 0.156. The number of benzene rings is 1. The largest absolute Gasteiger partial charge is 0.497 e. The van der Waals surface area contributed by atoms with E-state index in [1.807, 2.05) is 23.6 Å². The van der Waals surface area contributed by atoms with Crippen molar-refractivity contribution in [2.75, 3.05) is 7.11 Å². The summed E-state index contributed by atoms with van der Waals surface area (Å²) in [6.45, 7) is 0.374. The third kappa shape index (κ3) is 3.73. The highest BCUT2D eigenvalue weighted by molar-refractivity contribution is 7.13. The highest BCUT2D eigenvalue weighted by atomic mass is 32.1. The van der Waals surface area contributed by atoms with Gasteiger partial charge in [0.2, 0.25) is 0 Å². The van der Waals surface area contributed by atoms with Gasteiger partial charge in [0.1, 0.15) is 10.8 Å². The summed E-state index contributed by atoms with van der Waals surface area (Å²) < 4.78 is 5.12. The number of carbonyl (C=O) groups excluding carboxylic acids is 1. The summed E-state index contributed by atoms with van der Waals surface area (Å²) in [6.07, 6.45) is 1.74. The number of thiazole rings is 1. The van der Waals surface area contributed by atoms with Gasteiger partial charge in [-0.05, 0) is 30.3 Å². The SMILES string of the molecule is COc1cccc(C(=O)NCc2csc(-c3ccccn3)n2)c1. The number of nitrogens with one attached hydrogen (secondary N) is 1. The van der Waals surface area contributed by atoms with E-state index in [4.69, 9.17) is 4.74 Å². The molecule has 2 aromatic heterocycles. The Bertz CT molecular complexity index is 802. The second-order valence-electron chi connectivity index (χ2n) is 4.77. The Balaban J connectivity index is 1.64. The zero-order valence-corrected chi connectivity index (χ0v) is 13.3. The van der Waals surface area contributed by atoms with Crippen LogP contribution in [-0.2, 0) is 6.54 Å². The summed E-state index contributed by atoms with van der Waals surface area (Å²) in [6, 6.07) is 12.7. The molecule has 0 saturated heterocycles. The first kappa shape index (κ1) is 15.2. The second kappa shape index (κ2) is 7.02. The molecule has 0 saturated carbocycles. The number of hydrogen-bond donors (Lipinski definition) is 1. The number of ether oxygens (including phenoxy) is 1. The fourth-order valence-electron chi connectivity index (χ4n) is 2.03. The van der Waals surface area contributed by atoms with Crippen LogP contribution in [-0.4, -0.2) is 23.0 Å². The van der Waals surface area contributed by atoms with Crippen LogP contribution < -0.4 is 10.1 Å². The predicted molar refractivity (Wildman–Crippen MR) is 89.5 cm³/mol. The molecule has 0 fully saturated rings. The molecule has 23 heavy (non-hydrogen) atoms. The quantitative estimate of drug-likeness (QED) is 0.783. The number of hydrogen-bond acceptors (Lipinski definition) is 5. The maximum atomic E-state index is 12.2. The molecular weight excluding hydrogens is 310 g/mol. The van der Waals surface area contributed by atoms with E-state index in [1.165, 1.54) is 11.3 Å². The molecule has 0 aliphatic heterocycles. The van der Waals surface area contributed by atoms with Crippen LogP contribution in [0.25, 0.3) is 10.7 Å². The maximum Gasteiger partial charge on any atom is 0.251 e. The Kier molecular flexibility index (Phi) is 4.63. The molecule has 0 unspecified atom stereocenters. The van der Waals surface area contributed by atoms with E-state index in [1.54, 1.807) is 37.6 Å². The Morgan fingerprint density at radius 3 is 2.96 bits per heavy atom. The lowest BCUT2D eigenvalue weighted by atomic mass is 10.2. The highest BCUT2D eigenvalue weighted by Crippen LogP contribution is 2.21. The summed E-state index contributed by atoms with van der Waals surface area (Å²) in [5, 5.41) is 5.63. The summed E-state index contributed by atoms with van der Waals surface area (Å²) >= 11 is 1.51. The van der Waals surface area contributed by atoms with E-state index < -0.39 is 0 Å². The Morgan fingerprint density at radius 1 is 1.26 bits per heavy atom. The maximum absolute atomic E-state index is 12.2. The summed E-state index contributed by atoms with van der Waals surface area (Å²) in [7, 11) is 1.57. The molecule has 0 radical (unpaired) electrons. The van der Waals surface area contributed by atoms with Crippen molar-refractivity contribution in [2.45, 2.75) is 6.54 Å². The number of amides is 1. The molecule has 1 aromatic carbocycles. The van der Waals surface area contributed by atoms with Crippen molar-refractivity contribution >= 4 is 17.2 Å². The van der Waals surface area contributed by atoms with Gasteiger partial charge in [-0.25, -0.2) is 4.98 Å². The monoisotopic (exact) mass is 325 g/mol. The van der Waals surface area contributed by atoms with Crippen molar-refractivity contribution in [2.24, 2.45) is 0 Å². The average Bonchev–Trinajstić information content (AvgIpc) is 3.09. The predicted octanol–water partition coefficient (Wildman–Crippen LogP) is 3.14. The molecule has 2 heterocycles. The topological polar surface area (TPSA) is 64.1 Å². The Morgan fingerprint density at radius 2 is 2.17 bits per heavy atom. The first-order valence-corrected chi connectivity index (χ1v) is 7.92. The third-order valence-corrected chi connectivity index (χ3v) is 4.11.